The van der Waals surface area contributed by atoms with Gasteiger partial charge in [0.1, 0.15) is 5.82 Å². The fourth-order valence-corrected chi connectivity index (χ4v) is 3.00. The van der Waals surface area contributed by atoms with E-state index in [1.165, 1.54) is 18.2 Å². The quantitative estimate of drug-likeness (QED) is 0.806. The Hall–Kier alpha value is -2.76. The van der Waals surface area contributed by atoms with Gasteiger partial charge in [0.2, 0.25) is 11.9 Å². The van der Waals surface area contributed by atoms with Crippen LogP contribution in [0.25, 0.3) is 6.08 Å². The van der Waals surface area contributed by atoms with Gasteiger partial charge in [0, 0.05) is 44.7 Å². The van der Waals surface area contributed by atoms with Crippen LogP contribution in [0.4, 0.5) is 10.3 Å². The van der Waals surface area contributed by atoms with Crippen molar-refractivity contribution in [1.82, 2.24) is 14.9 Å². The van der Waals surface area contributed by atoms with Crippen molar-refractivity contribution in [1.29, 1.82) is 0 Å². The molecule has 0 saturated heterocycles. The second-order valence-corrected chi connectivity index (χ2v) is 6.34. The van der Waals surface area contributed by atoms with Crippen molar-refractivity contribution in [2.75, 3.05) is 25.5 Å². The molecule has 25 heavy (non-hydrogen) atoms. The number of hydrogen-bond donors (Lipinski definition) is 0. The van der Waals surface area contributed by atoms with Crippen molar-refractivity contribution in [2.24, 2.45) is 0 Å². The van der Waals surface area contributed by atoms with Gasteiger partial charge in [-0.05, 0) is 42.7 Å². The van der Waals surface area contributed by atoms with E-state index in [-0.39, 0.29) is 17.8 Å². The number of nitrogens with zero attached hydrogens (tertiary/aromatic N) is 4. The Balaban J connectivity index is 1.73. The molecule has 0 N–H and O–H groups in total. The van der Waals surface area contributed by atoms with Gasteiger partial charge >= 0.3 is 0 Å². The van der Waals surface area contributed by atoms with Gasteiger partial charge in [-0.15, -0.1) is 0 Å². The number of rotatable bonds is 3. The first-order valence-electron chi connectivity index (χ1n) is 8.22. The first-order chi connectivity index (χ1) is 12.0. The molecule has 0 spiro atoms. The number of carbonyl (C=O) groups is 1. The van der Waals surface area contributed by atoms with Crippen LogP contribution in [0.1, 0.15) is 29.7 Å². The van der Waals surface area contributed by atoms with Crippen LogP contribution >= 0.6 is 0 Å². The molecule has 1 aliphatic heterocycles. The Kier molecular flexibility index (Phi) is 4.79. The summed E-state index contributed by atoms with van der Waals surface area (Å²) in [5, 5.41) is 0. The average molecular weight is 340 g/mol. The maximum absolute atomic E-state index is 13.5. The van der Waals surface area contributed by atoms with Crippen LogP contribution in [0, 0.1) is 5.82 Å². The second kappa shape index (κ2) is 7.01. The SMILES string of the molecule is CC1c2cc(F)ccc2CCN1C(=O)C=Cc1cnc(N(C)C)nc1. The van der Waals surface area contributed by atoms with Crippen LogP contribution in [-0.4, -0.2) is 41.4 Å². The van der Waals surface area contributed by atoms with E-state index < -0.39 is 0 Å². The highest BCUT2D eigenvalue weighted by molar-refractivity contribution is 5.92. The Bertz CT molecular complexity index is 802. The van der Waals surface area contributed by atoms with Gasteiger partial charge in [-0.3, -0.25) is 4.79 Å². The molecule has 2 heterocycles. The summed E-state index contributed by atoms with van der Waals surface area (Å²) in [6, 6.07) is 4.66. The number of aromatic nitrogens is 2. The second-order valence-electron chi connectivity index (χ2n) is 6.34. The maximum atomic E-state index is 13.5. The molecular formula is C19H21FN4O. The van der Waals surface area contributed by atoms with Gasteiger partial charge in [-0.25, -0.2) is 14.4 Å². The fraction of sp³-hybridized carbons (Fsp3) is 0.316. The molecule has 1 aromatic carbocycles. The van der Waals surface area contributed by atoms with Crippen LogP contribution in [0.3, 0.4) is 0 Å². The van der Waals surface area contributed by atoms with E-state index in [0.29, 0.717) is 12.5 Å². The summed E-state index contributed by atoms with van der Waals surface area (Å²) in [6.45, 7) is 2.55. The Morgan fingerprint density at radius 3 is 2.72 bits per heavy atom. The third kappa shape index (κ3) is 3.68. The molecule has 1 aliphatic rings. The van der Waals surface area contributed by atoms with Crippen molar-refractivity contribution in [3.05, 3.63) is 59.2 Å². The predicted octanol–water partition coefficient (Wildman–Crippen LogP) is 2.84. The minimum Gasteiger partial charge on any atom is -0.347 e. The van der Waals surface area contributed by atoms with Crippen molar-refractivity contribution in [3.8, 4) is 0 Å². The standard InChI is InChI=1S/C19H21FN4O/c1-13-17-10-16(20)6-5-15(17)8-9-24(13)18(25)7-4-14-11-21-19(22-12-14)23(2)3/h4-7,10-13H,8-9H2,1-3H3. The van der Waals surface area contributed by atoms with E-state index in [2.05, 4.69) is 9.97 Å². The Morgan fingerprint density at radius 1 is 1.32 bits per heavy atom. The molecule has 5 nitrogen and oxygen atoms in total. The molecule has 0 aliphatic carbocycles. The summed E-state index contributed by atoms with van der Waals surface area (Å²) >= 11 is 0. The normalized spacial score (nSPS) is 16.8. The number of halogens is 1. The minimum atomic E-state index is -0.270. The molecule has 3 rings (SSSR count). The predicted molar refractivity (Wildman–Crippen MR) is 95.6 cm³/mol. The molecule has 130 valence electrons. The minimum absolute atomic E-state index is 0.0981. The number of fused-ring (bicyclic) bond motifs is 1. The maximum Gasteiger partial charge on any atom is 0.247 e. The lowest BCUT2D eigenvalue weighted by molar-refractivity contribution is -0.128. The molecule has 0 radical (unpaired) electrons. The molecule has 0 bridgehead atoms. The van der Waals surface area contributed by atoms with Crippen molar-refractivity contribution >= 4 is 17.9 Å². The van der Waals surface area contributed by atoms with E-state index in [9.17, 15) is 9.18 Å². The molecule has 1 unspecified atom stereocenters. The molecule has 1 aromatic heterocycles. The summed E-state index contributed by atoms with van der Waals surface area (Å²) in [7, 11) is 3.74. The fourth-order valence-electron chi connectivity index (χ4n) is 3.00. The zero-order chi connectivity index (χ0) is 18.0. The van der Waals surface area contributed by atoms with Gasteiger partial charge in [0.05, 0.1) is 6.04 Å². The van der Waals surface area contributed by atoms with E-state index in [1.54, 1.807) is 23.4 Å². The highest BCUT2D eigenvalue weighted by atomic mass is 19.1. The zero-order valence-corrected chi connectivity index (χ0v) is 14.6. The molecule has 1 atom stereocenters. The summed E-state index contributed by atoms with van der Waals surface area (Å²) < 4.78 is 13.5. The van der Waals surface area contributed by atoms with E-state index in [0.717, 1.165) is 23.1 Å². The Labute approximate surface area is 146 Å². The lowest BCUT2D eigenvalue weighted by Gasteiger charge is -2.34. The molecule has 0 fully saturated rings. The number of amides is 1. The highest BCUT2D eigenvalue weighted by Crippen LogP contribution is 2.30. The largest absolute Gasteiger partial charge is 0.347 e. The summed E-state index contributed by atoms with van der Waals surface area (Å²) in [4.78, 5) is 24.6. The van der Waals surface area contributed by atoms with Crippen LogP contribution in [-0.2, 0) is 11.2 Å². The zero-order valence-electron chi connectivity index (χ0n) is 14.6. The number of hydrogen-bond acceptors (Lipinski definition) is 4. The highest BCUT2D eigenvalue weighted by Gasteiger charge is 2.26. The average Bonchev–Trinajstić information content (AvgIpc) is 2.61. The number of anilines is 1. The molecule has 0 saturated carbocycles. The molecule has 1 amide bonds. The van der Waals surface area contributed by atoms with Gasteiger partial charge in [-0.1, -0.05) is 6.07 Å². The van der Waals surface area contributed by atoms with Gasteiger partial charge in [0.25, 0.3) is 0 Å². The molecule has 2 aromatic rings. The first-order valence-corrected chi connectivity index (χ1v) is 8.22. The summed E-state index contributed by atoms with van der Waals surface area (Å²) in [5.41, 5.74) is 2.75. The van der Waals surface area contributed by atoms with E-state index in [4.69, 9.17) is 0 Å². The summed E-state index contributed by atoms with van der Waals surface area (Å²) in [5.74, 6) is 0.249. The lowest BCUT2D eigenvalue weighted by Crippen LogP contribution is -2.37. The third-order valence-corrected chi connectivity index (χ3v) is 4.41. The van der Waals surface area contributed by atoms with Crippen molar-refractivity contribution < 1.29 is 9.18 Å². The number of benzene rings is 1. The Morgan fingerprint density at radius 2 is 2.04 bits per heavy atom. The first kappa shape index (κ1) is 17.1. The van der Waals surface area contributed by atoms with Gasteiger partial charge in [-0.2, -0.15) is 0 Å². The van der Waals surface area contributed by atoms with Crippen molar-refractivity contribution in [2.45, 2.75) is 19.4 Å². The van der Waals surface area contributed by atoms with E-state index >= 15 is 0 Å². The third-order valence-electron chi connectivity index (χ3n) is 4.41. The van der Waals surface area contributed by atoms with Crippen LogP contribution < -0.4 is 4.90 Å². The molecular weight excluding hydrogens is 319 g/mol. The molecule has 6 heteroatoms. The topological polar surface area (TPSA) is 49.3 Å². The van der Waals surface area contributed by atoms with Crippen molar-refractivity contribution in [3.63, 3.8) is 0 Å². The monoisotopic (exact) mass is 340 g/mol. The van der Waals surface area contributed by atoms with E-state index in [1.807, 2.05) is 32.0 Å². The van der Waals surface area contributed by atoms with Gasteiger partial charge < -0.3 is 9.80 Å². The van der Waals surface area contributed by atoms with Gasteiger partial charge in [0.15, 0.2) is 0 Å². The van der Waals surface area contributed by atoms with Crippen LogP contribution in [0.15, 0.2) is 36.7 Å². The lowest BCUT2D eigenvalue weighted by atomic mass is 9.93. The summed E-state index contributed by atoms with van der Waals surface area (Å²) in [6.07, 6.45) is 7.32. The van der Waals surface area contributed by atoms with Crippen LogP contribution in [0.5, 0.6) is 0 Å². The number of carbonyl (C=O) groups excluding carboxylic acids is 1. The smallest absolute Gasteiger partial charge is 0.247 e. The van der Waals surface area contributed by atoms with Crippen LogP contribution in [0.2, 0.25) is 0 Å².